The van der Waals surface area contributed by atoms with Crippen LogP contribution in [0.1, 0.15) is 10.4 Å². The van der Waals surface area contributed by atoms with Gasteiger partial charge in [-0.3, -0.25) is 4.72 Å². The highest BCUT2D eigenvalue weighted by Gasteiger charge is 2.23. The van der Waals surface area contributed by atoms with Crippen molar-refractivity contribution in [2.45, 2.75) is 4.90 Å². The second kappa shape index (κ2) is 7.05. The van der Waals surface area contributed by atoms with Gasteiger partial charge in [-0.05, 0) is 41.8 Å². The molecule has 0 radical (unpaired) electrons. The monoisotopic (exact) mass is 375 g/mol. The Labute approximate surface area is 148 Å². The summed E-state index contributed by atoms with van der Waals surface area (Å²) in [6.45, 7) is 0. The van der Waals surface area contributed by atoms with Gasteiger partial charge in [-0.2, -0.15) is 0 Å². The molecule has 0 saturated carbocycles. The van der Waals surface area contributed by atoms with Crippen molar-refractivity contribution in [1.82, 2.24) is 0 Å². The van der Waals surface area contributed by atoms with Crippen molar-refractivity contribution in [2.75, 3.05) is 4.72 Å². The molecule has 0 saturated heterocycles. The van der Waals surface area contributed by atoms with E-state index in [4.69, 9.17) is 0 Å². The molecule has 3 aromatic rings. The minimum Gasteiger partial charge on any atom is -0.279 e. The van der Waals surface area contributed by atoms with Gasteiger partial charge in [0.15, 0.2) is 4.90 Å². The van der Waals surface area contributed by atoms with E-state index >= 15 is 0 Å². The van der Waals surface area contributed by atoms with Crippen LogP contribution in [0.2, 0.25) is 0 Å². The highest BCUT2D eigenvalue weighted by Crippen LogP contribution is 2.22. The predicted octanol–water partition coefficient (Wildman–Crippen LogP) is 4.23. The van der Waals surface area contributed by atoms with Crippen LogP contribution in [0.3, 0.4) is 0 Å². The zero-order chi connectivity index (χ0) is 17.9. The molecule has 1 heterocycles. The lowest BCUT2D eigenvalue weighted by atomic mass is 10.2. The van der Waals surface area contributed by atoms with E-state index in [0.29, 0.717) is 5.56 Å². The molecule has 0 aliphatic heterocycles. The summed E-state index contributed by atoms with van der Waals surface area (Å²) >= 11 is 1.49. The summed E-state index contributed by atoms with van der Waals surface area (Å²) in [6, 6.07) is 12.9. The van der Waals surface area contributed by atoms with Gasteiger partial charge in [-0.15, -0.1) is 11.3 Å². The van der Waals surface area contributed by atoms with Gasteiger partial charge < -0.3 is 0 Å². The number of hydrogen-bond donors (Lipinski definition) is 1. The molecule has 25 heavy (non-hydrogen) atoms. The Kier molecular flexibility index (Phi) is 4.83. The van der Waals surface area contributed by atoms with Gasteiger partial charge in [-0.1, -0.05) is 30.0 Å². The van der Waals surface area contributed by atoms with Crippen LogP contribution >= 0.6 is 11.3 Å². The van der Waals surface area contributed by atoms with Crippen molar-refractivity contribution in [3.8, 4) is 11.8 Å². The lowest BCUT2D eigenvalue weighted by Gasteiger charge is -2.09. The number of thiophene rings is 1. The molecule has 0 amide bonds. The Morgan fingerprint density at radius 2 is 1.64 bits per heavy atom. The molecular weight excluding hydrogens is 364 g/mol. The Morgan fingerprint density at radius 3 is 2.32 bits per heavy atom. The van der Waals surface area contributed by atoms with E-state index in [1.807, 2.05) is 17.5 Å². The van der Waals surface area contributed by atoms with E-state index in [0.717, 1.165) is 23.1 Å². The smallest absolute Gasteiger partial charge is 0.267 e. The van der Waals surface area contributed by atoms with Gasteiger partial charge >= 0.3 is 0 Å². The van der Waals surface area contributed by atoms with Gasteiger partial charge in [0, 0.05) is 5.56 Å². The van der Waals surface area contributed by atoms with Crippen molar-refractivity contribution >= 4 is 27.0 Å². The van der Waals surface area contributed by atoms with Gasteiger partial charge in [-0.25, -0.2) is 17.2 Å². The molecule has 0 atom stereocenters. The summed E-state index contributed by atoms with van der Waals surface area (Å²) < 4.78 is 54.2. The third-order valence-electron chi connectivity index (χ3n) is 3.15. The van der Waals surface area contributed by atoms with Gasteiger partial charge in [0.05, 0.1) is 10.6 Å². The molecule has 0 spiro atoms. The van der Waals surface area contributed by atoms with E-state index in [9.17, 15) is 17.2 Å². The molecule has 1 N–H and O–H groups in total. The SMILES string of the molecule is O=S(=O)(Nc1cccc(C#Cc2cccs2)c1)c1c(F)cccc1F. The summed E-state index contributed by atoms with van der Waals surface area (Å²) in [5, 5.41) is 1.90. The molecule has 3 rings (SSSR count). The fourth-order valence-corrected chi connectivity index (χ4v) is 3.85. The first-order valence-corrected chi connectivity index (χ1v) is 9.44. The molecule has 0 bridgehead atoms. The maximum absolute atomic E-state index is 13.7. The summed E-state index contributed by atoms with van der Waals surface area (Å²) in [4.78, 5) is -0.135. The van der Waals surface area contributed by atoms with E-state index in [2.05, 4.69) is 16.6 Å². The zero-order valence-corrected chi connectivity index (χ0v) is 14.3. The highest BCUT2D eigenvalue weighted by molar-refractivity contribution is 7.92. The molecular formula is C18H11F2NO2S2. The minimum atomic E-state index is -4.40. The van der Waals surface area contributed by atoms with Crippen LogP contribution in [0.25, 0.3) is 0 Å². The van der Waals surface area contributed by atoms with Crippen LogP contribution < -0.4 is 4.72 Å². The minimum absolute atomic E-state index is 0.167. The van der Waals surface area contributed by atoms with Crippen molar-refractivity contribution in [3.05, 3.63) is 82.1 Å². The van der Waals surface area contributed by atoms with Crippen LogP contribution in [0, 0.1) is 23.5 Å². The highest BCUT2D eigenvalue weighted by atomic mass is 32.2. The topological polar surface area (TPSA) is 46.2 Å². The molecule has 0 unspecified atom stereocenters. The van der Waals surface area contributed by atoms with E-state index < -0.39 is 26.6 Å². The molecule has 126 valence electrons. The molecule has 2 aromatic carbocycles. The standard InChI is InChI=1S/C18H11F2NO2S2/c19-16-7-2-8-17(20)18(16)25(22,23)21-14-5-1-4-13(12-14)9-10-15-6-3-11-24-15/h1-8,11-12,21H. The third kappa shape index (κ3) is 4.05. The average molecular weight is 375 g/mol. The second-order valence-electron chi connectivity index (χ2n) is 4.96. The van der Waals surface area contributed by atoms with Gasteiger partial charge in [0.25, 0.3) is 10.0 Å². The summed E-state index contributed by atoms with van der Waals surface area (Å²) in [7, 11) is -4.40. The van der Waals surface area contributed by atoms with Crippen molar-refractivity contribution < 1.29 is 17.2 Å². The van der Waals surface area contributed by atoms with E-state index in [1.54, 1.807) is 12.1 Å². The molecule has 0 fully saturated rings. The molecule has 7 heteroatoms. The van der Waals surface area contributed by atoms with Gasteiger partial charge in [0.1, 0.15) is 11.6 Å². The number of sulfonamides is 1. The summed E-state index contributed by atoms with van der Waals surface area (Å²) in [6.07, 6.45) is 0. The van der Waals surface area contributed by atoms with Crippen molar-refractivity contribution in [3.63, 3.8) is 0 Å². The Balaban J connectivity index is 1.89. The van der Waals surface area contributed by atoms with Crippen LogP contribution in [0.5, 0.6) is 0 Å². The number of anilines is 1. The molecule has 3 nitrogen and oxygen atoms in total. The number of benzene rings is 2. The summed E-state index contributed by atoms with van der Waals surface area (Å²) in [5.41, 5.74) is 0.739. The van der Waals surface area contributed by atoms with Crippen LogP contribution in [-0.2, 0) is 10.0 Å². The first kappa shape index (κ1) is 17.1. The number of rotatable bonds is 3. The Morgan fingerprint density at radius 1 is 0.920 bits per heavy atom. The Hall–Kier alpha value is -2.69. The normalized spacial score (nSPS) is 10.8. The largest absolute Gasteiger partial charge is 0.279 e. The zero-order valence-electron chi connectivity index (χ0n) is 12.7. The fourth-order valence-electron chi connectivity index (χ4n) is 2.09. The van der Waals surface area contributed by atoms with Crippen molar-refractivity contribution in [2.24, 2.45) is 0 Å². The maximum Gasteiger partial charge on any atom is 0.267 e. The quantitative estimate of drug-likeness (QED) is 0.697. The first-order valence-electron chi connectivity index (χ1n) is 7.08. The van der Waals surface area contributed by atoms with Crippen LogP contribution in [0.4, 0.5) is 14.5 Å². The third-order valence-corrected chi connectivity index (χ3v) is 5.37. The van der Waals surface area contributed by atoms with Crippen LogP contribution in [-0.4, -0.2) is 8.42 Å². The van der Waals surface area contributed by atoms with E-state index in [-0.39, 0.29) is 5.69 Å². The maximum atomic E-state index is 13.7. The van der Waals surface area contributed by atoms with Gasteiger partial charge in [0.2, 0.25) is 0 Å². The molecule has 1 aromatic heterocycles. The second-order valence-corrected chi connectivity index (χ2v) is 7.53. The molecule has 0 aliphatic rings. The number of halogens is 2. The Bertz CT molecular complexity index is 1050. The average Bonchev–Trinajstić information content (AvgIpc) is 3.06. The first-order chi connectivity index (χ1) is 12.0. The lowest BCUT2D eigenvalue weighted by molar-refractivity contribution is 0.521. The predicted molar refractivity (Wildman–Crippen MR) is 93.9 cm³/mol. The number of nitrogens with one attached hydrogen (secondary N) is 1. The van der Waals surface area contributed by atoms with Crippen LogP contribution in [0.15, 0.2) is 64.9 Å². The van der Waals surface area contributed by atoms with E-state index in [1.165, 1.54) is 23.5 Å². The molecule has 0 aliphatic carbocycles. The lowest BCUT2D eigenvalue weighted by Crippen LogP contribution is -2.16. The number of hydrogen-bond acceptors (Lipinski definition) is 3. The summed E-state index contributed by atoms with van der Waals surface area (Å²) in [5.74, 6) is 3.56. The fraction of sp³-hybridized carbons (Fsp3) is 0. The van der Waals surface area contributed by atoms with Crippen molar-refractivity contribution in [1.29, 1.82) is 0 Å².